The van der Waals surface area contributed by atoms with E-state index in [1.54, 1.807) is 13.2 Å². The number of rotatable bonds is 2. The number of fused-ring (bicyclic) bond motifs is 1. The second-order valence-electron chi connectivity index (χ2n) is 2.63. The van der Waals surface area contributed by atoms with Crippen LogP contribution in [0.25, 0.3) is 10.2 Å². The first-order chi connectivity index (χ1) is 6.70. The largest absolute Gasteiger partial charge is 0.497 e. The van der Waals surface area contributed by atoms with Crippen LogP contribution in [0.2, 0.25) is 0 Å². The number of benzene rings is 1. The molecule has 72 valence electrons. The molecule has 0 aliphatic carbocycles. The number of hydrogen-bond acceptors (Lipinski definition) is 4. The summed E-state index contributed by atoms with van der Waals surface area (Å²) in [7, 11) is 1.58. The maximum atomic E-state index is 10.9. The van der Waals surface area contributed by atoms with Gasteiger partial charge in [-0.2, -0.15) is 0 Å². The number of nitrogens with zero attached hydrogens (tertiary/aromatic N) is 1. The lowest BCUT2D eigenvalue weighted by atomic mass is 10.3. The SMILES string of the molecule is COc1ccc2sc(C(=O)Cl)nc2c1. The molecular formula is C9H6ClNO2S. The number of carbonyl (C=O) groups is 1. The molecule has 0 aliphatic rings. The first-order valence-corrected chi connectivity index (χ1v) is 5.04. The van der Waals surface area contributed by atoms with Crippen LogP contribution in [0.5, 0.6) is 5.75 Å². The Labute approximate surface area is 89.3 Å². The third kappa shape index (κ3) is 1.58. The van der Waals surface area contributed by atoms with Gasteiger partial charge in [0.15, 0.2) is 5.01 Å². The van der Waals surface area contributed by atoms with Crippen molar-refractivity contribution >= 4 is 38.4 Å². The molecule has 0 amide bonds. The van der Waals surface area contributed by atoms with E-state index in [2.05, 4.69) is 4.98 Å². The Hall–Kier alpha value is -1.13. The van der Waals surface area contributed by atoms with E-state index in [4.69, 9.17) is 16.3 Å². The number of halogens is 1. The van der Waals surface area contributed by atoms with Crippen molar-refractivity contribution in [3.05, 3.63) is 23.2 Å². The second kappa shape index (κ2) is 3.55. The van der Waals surface area contributed by atoms with Gasteiger partial charge in [0.05, 0.1) is 17.3 Å². The van der Waals surface area contributed by atoms with Crippen molar-refractivity contribution in [1.82, 2.24) is 4.98 Å². The molecule has 0 saturated heterocycles. The zero-order chi connectivity index (χ0) is 10.1. The van der Waals surface area contributed by atoms with Crippen molar-refractivity contribution < 1.29 is 9.53 Å². The molecule has 0 spiro atoms. The molecule has 1 aromatic heterocycles. The van der Waals surface area contributed by atoms with Gasteiger partial charge in [-0.05, 0) is 23.7 Å². The van der Waals surface area contributed by atoms with Crippen molar-refractivity contribution in [2.24, 2.45) is 0 Å². The molecule has 0 atom stereocenters. The minimum atomic E-state index is -0.523. The van der Waals surface area contributed by atoms with Crippen molar-refractivity contribution in [2.75, 3.05) is 7.11 Å². The zero-order valence-electron chi connectivity index (χ0n) is 7.28. The second-order valence-corrected chi connectivity index (χ2v) is 4.00. The lowest BCUT2D eigenvalue weighted by Gasteiger charge is -1.96. The van der Waals surface area contributed by atoms with E-state index in [9.17, 15) is 4.79 Å². The molecule has 0 aliphatic heterocycles. The fourth-order valence-electron chi connectivity index (χ4n) is 1.12. The van der Waals surface area contributed by atoms with Crippen LogP contribution >= 0.6 is 22.9 Å². The van der Waals surface area contributed by atoms with E-state index in [1.165, 1.54) is 11.3 Å². The predicted molar refractivity (Wildman–Crippen MR) is 56.4 cm³/mol. The topological polar surface area (TPSA) is 39.2 Å². The van der Waals surface area contributed by atoms with Crippen LogP contribution in [0.4, 0.5) is 0 Å². The summed E-state index contributed by atoms with van der Waals surface area (Å²) in [6.07, 6.45) is 0. The molecular weight excluding hydrogens is 222 g/mol. The number of ether oxygens (including phenoxy) is 1. The van der Waals surface area contributed by atoms with Gasteiger partial charge in [-0.1, -0.05) is 0 Å². The monoisotopic (exact) mass is 227 g/mol. The van der Waals surface area contributed by atoms with Gasteiger partial charge in [-0.15, -0.1) is 11.3 Å². The summed E-state index contributed by atoms with van der Waals surface area (Å²) >= 11 is 6.60. The number of thiazole rings is 1. The van der Waals surface area contributed by atoms with Gasteiger partial charge in [0.1, 0.15) is 5.75 Å². The summed E-state index contributed by atoms with van der Waals surface area (Å²) in [5.74, 6) is 0.719. The average molecular weight is 228 g/mol. The molecule has 2 aromatic rings. The first kappa shape index (κ1) is 9.43. The van der Waals surface area contributed by atoms with E-state index in [-0.39, 0.29) is 0 Å². The summed E-state index contributed by atoms with van der Waals surface area (Å²) in [5.41, 5.74) is 0.735. The lowest BCUT2D eigenvalue weighted by Crippen LogP contribution is -1.85. The fraction of sp³-hybridized carbons (Fsp3) is 0.111. The van der Waals surface area contributed by atoms with Crippen molar-refractivity contribution in [3.63, 3.8) is 0 Å². The van der Waals surface area contributed by atoms with Gasteiger partial charge in [0.25, 0.3) is 5.24 Å². The standard InChI is InChI=1S/C9H6ClNO2S/c1-13-5-2-3-7-6(4-5)11-9(14-7)8(10)12/h2-4H,1H3. The van der Waals surface area contributed by atoms with Crippen LogP contribution in [0.3, 0.4) is 0 Å². The van der Waals surface area contributed by atoms with Crippen LogP contribution in [0, 0.1) is 0 Å². The molecule has 3 nitrogen and oxygen atoms in total. The normalized spacial score (nSPS) is 10.4. The van der Waals surface area contributed by atoms with Gasteiger partial charge in [-0.3, -0.25) is 4.79 Å². The third-order valence-corrected chi connectivity index (χ3v) is 3.09. The summed E-state index contributed by atoms with van der Waals surface area (Å²) in [4.78, 5) is 14.9. The van der Waals surface area contributed by atoms with Crippen LogP contribution in [-0.4, -0.2) is 17.3 Å². The highest BCUT2D eigenvalue weighted by Crippen LogP contribution is 2.26. The Balaban J connectivity index is 2.60. The van der Waals surface area contributed by atoms with Gasteiger partial charge in [-0.25, -0.2) is 4.98 Å². The van der Waals surface area contributed by atoms with E-state index < -0.39 is 5.24 Å². The minimum absolute atomic E-state index is 0.315. The van der Waals surface area contributed by atoms with E-state index in [1.807, 2.05) is 12.1 Å². The maximum Gasteiger partial charge on any atom is 0.281 e. The molecule has 0 radical (unpaired) electrons. The summed E-state index contributed by atoms with van der Waals surface area (Å²) in [5, 5.41) is -0.208. The molecule has 0 saturated carbocycles. The molecule has 1 aromatic carbocycles. The third-order valence-electron chi connectivity index (χ3n) is 1.76. The Morgan fingerprint density at radius 3 is 3.00 bits per heavy atom. The Morgan fingerprint density at radius 1 is 1.57 bits per heavy atom. The average Bonchev–Trinajstić information content (AvgIpc) is 2.59. The Morgan fingerprint density at radius 2 is 2.36 bits per heavy atom. The molecule has 1 heterocycles. The van der Waals surface area contributed by atoms with E-state index >= 15 is 0 Å². The predicted octanol–water partition coefficient (Wildman–Crippen LogP) is 2.68. The van der Waals surface area contributed by atoms with Crippen molar-refractivity contribution in [1.29, 1.82) is 0 Å². The first-order valence-electron chi connectivity index (χ1n) is 3.85. The number of aromatic nitrogens is 1. The van der Waals surface area contributed by atoms with Crippen LogP contribution in [-0.2, 0) is 0 Å². The van der Waals surface area contributed by atoms with Gasteiger partial charge in [0, 0.05) is 6.07 Å². The Bertz CT molecular complexity index is 495. The summed E-state index contributed by atoms with van der Waals surface area (Å²) in [6.45, 7) is 0. The molecule has 5 heteroatoms. The highest BCUT2D eigenvalue weighted by Gasteiger charge is 2.09. The van der Waals surface area contributed by atoms with Crippen molar-refractivity contribution in [2.45, 2.75) is 0 Å². The van der Waals surface area contributed by atoms with E-state index in [0.29, 0.717) is 5.01 Å². The Kier molecular flexibility index (Phi) is 2.39. The smallest absolute Gasteiger partial charge is 0.281 e. The van der Waals surface area contributed by atoms with Gasteiger partial charge < -0.3 is 4.74 Å². The van der Waals surface area contributed by atoms with Crippen molar-refractivity contribution in [3.8, 4) is 5.75 Å². The van der Waals surface area contributed by atoms with Crippen LogP contribution < -0.4 is 4.74 Å². The molecule has 0 N–H and O–H groups in total. The highest BCUT2D eigenvalue weighted by molar-refractivity contribution is 7.21. The highest BCUT2D eigenvalue weighted by atomic mass is 35.5. The number of carbonyl (C=O) groups excluding carboxylic acids is 1. The summed E-state index contributed by atoms with van der Waals surface area (Å²) < 4.78 is 5.96. The molecule has 0 bridgehead atoms. The van der Waals surface area contributed by atoms with Gasteiger partial charge >= 0.3 is 0 Å². The summed E-state index contributed by atoms with van der Waals surface area (Å²) in [6, 6.07) is 5.45. The quantitative estimate of drug-likeness (QED) is 0.741. The minimum Gasteiger partial charge on any atom is -0.497 e. The zero-order valence-corrected chi connectivity index (χ0v) is 8.85. The molecule has 0 unspecified atom stereocenters. The number of methoxy groups -OCH3 is 1. The van der Waals surface area contributed by atoms with Crippen LogP contribution in [0.1, 0.15) is 9.80 Å². The van der Waals surface area contributed by atoms with Crippen LogP contribution in [0.15, 0.2) is 18.2 Å². The number of hydrogen-bond donors (Lipinski definition) is 0. The molecule has 14 heavy (non-hydrogen) atoms. The maximum absolute atomic E-state index is 10.9. The molecule has 2 rings (SSSR count). The molecule has 0 fully saturated rings. The fourth-order valence-corrected chi connectivity index (χ4v) is 2.05. The van der Waals surface area contributed by atoms with E-state index in [0.717, 1.165) is 16.0 Å². The van der Waals surface area contributed by atoms with Gasteiger partial charge in [0.2, 0.25) is 0 Å². The lowest BCUT2D eigenvalue weighted by molar-refractivity contribution is 0.108.